The predicted molar refractivity (Wildman–Crippen MR) is 72.8 cm³/mol. The zero-order chi connectivity index (χ0) is 12.1. The first-order valence-electron chi connectivity index (χ1n) is 5.29. The van der Waals surface area contributed by atoms with Crippen molar-refractivity contribution in [2.45, 2.75) is 6.42 Å². The average Bonchev–Trinajstić information content (AvgIpc) is 2.34. The molecule has 0 aliphatic heterocycles. The molecule has 0 bridgehead atoms. The summed E-state index contributed by atoms with van der Waals surface area (Å²) in [4.78, 5) is 7.97. The molecule has 0 aliphatic carbocycles. The Kier molecular flexibility index (Phi) is 3.93. The van der Waals surface area contributed by atoms with E-state index in [1.54, 1.807) is 24.8 Å². The summed E-state index contributed by atoms with van der Waals surface area (Å²) in [6.07, 6.45) is 7.89. The van der Waals surface area contributed by atoms with E-state index in [1.165, 1.54) is 5.56 Å². The van der Waals surface area contributed by atoms with Crippen molar-refractivity contribution in [2.24, 2.45) is 0 Å². The Balaban J connectivity index is 1.95. The molecule has 0 fully saturated rings. The summed E-state index contributed by atoms with van der Waals surface area (Å²) in [6.45, 7) is 0.816. The number of hydrogen-bond donors (Lipinski definition) is 2. The molecule has 0 radical (unpaired) electrons. The largest absolute Gasteiger partial charge is 0.396 e. The van der Waals surface area contributed by atoms with Gasteiger partial charge in [0.15, 0.2) is 0 Å². The number of nitrogens with one attached hydrogen (secondary N) is 1. The van der Waals surface area contributed by atoms with Crippen LogP contribution in [0.2, 0.25) is 0 Å². The maximum atomic E-state index is 5.84. The number of halogens is 1. The Bertz CT molecular complexity index is 467. The van der Waals surface area contributed by atoms with Gasteiger partial charge < -0.3 is 11.1 Å². The van der Waals surface area contributed by atoms with E-state index in [1.807, 2.05) is 12.1 Å². The van der Waals surface area contributed by atoms with Crippen molar-refractivity contribution in [3.05, 3.63) is 47.0 Å². The lowest BCUT2D eigenvalue weighted by Crippen LogP contribution is -2.07. The lowest BCUT2D eigenvalue weighted by molar-refractivity contribution is 1.01. The van der Waals surface area contributed by atoms with E-state index >= 15 is 0 Å². The van der Waals surface area contributed by atoms with Crippen LogP contribution in [0.5, 0.6) is 0 Å². The van der Waals surface area contributed by atoms with E-state index in [9.17, 15) is 0 Å². The highest BCUT2D eigenvalue weighted by molar-refractivity contribution is 9.10. The number of hydrogen-bond acceptors (Lipinski definition) is 4. The second-order valence-electron chi connectivity index (χ2n) is 3.62. The summed E-state index contributed by atoms with van der Waals surface area (Å²) >= 11 is 3.42. The van der Waals surface area contributed by atoms with Crippen LogP contribution in [-0.2, 0) is 6.42 Å². The van der Waals surface area contributed by atoms with Crippen LogP contribution >= 0.6 is 15.9 Å². The molecule has 0 saturated carbocycles. The molecule has 88 valence electrons. The molecule has 0 atom stereocenters. The third-order valence-electron chi connectivity index (χ3n) is 2.39. The smallest absolute Gasteiger partial charge is 0.0750 e. The molecule has 0 aromatic carbocycles. The van der Waals surface area contributed by atoms with Gasteiger partial charge in [-0.3, -0.25) is 9.97 Å². The van der Waals surface area contributed by atoms with Gasteiger partial charge in [-0.2, -0.15) is 0 Å². The van der Waals surface area contributed by atoms with Crippen LogP contribution in [0, 0.1) is 0 Å². The van der Waals surface area contributed by atoms with Gasteiger partial charge in [0, 0.05) is 25.1 Å². The number of nitrogens with two attached hydrogens (primary N) is 1. The summed E-state index contributed by atoms with van der Waals surface area (Å²) in [6, 6.07) is 4.01. The first-order valence-corrected chi connectivity index (χ1v) is 6.08. The van der Waals surface area contributed by atoms with Crippen molar-refractivity contribution in [3.8, 4) is 0 Å². The molecular weight excluding hydrogens is 280 g/mol. The summed E-state index contributed by atoms with van der Waals surface area (Å²) in [5.41, 5.74) is 8.63. The molecule has 0 saturated heterocycles. The SMILES string of the molecule is Nc1cncc(Br)c1NCCc1ccncc1. The molecule has 2 aromatic heterocycles. The molecule has 2 aromatic rings. The first-order chi connectivity index (χ1) is 8.27. The van der Waals surface area contributed by atoms with E-state index in [-0.39, 0.29) is 0 Å². The van der Waals surface area contributed by atoms with Gasteiger partial charge in [-0.1, -0.05) is 0 Å². The highest BCUT2D eigenvalue weighted by Crippen LogP contribution is 2.26. The highest BCUT2D eigenvalue weighted by atomic mass is 79.9. The molecule has 2 heterocycles. The van der Waals surface area contributed by atoms with Crippen LogP contribution in [0.25, 0.3) is 0 Å². The zero-order valence-corrected chi connectivity index (χ0v) is 10.8. The zero-order valence-electron chi connectivity index (χ0n) is 9.23. The monoisotopic (exact) mass is 292 g/mol. The minimum absolute atomic E-state index is 0.647. The van der Waals surface area contributed by atoms with Gasteiger partial charge in [-0.25, -0.2) is 0 Å². The van der Waals surface area contributed by atoms with Crippen molar-refractivity contribution in [1.82, 2.24) is 9.97 Å². The predicted octanol–water partition coefficient (Wildman–Crippen LogP) is 2.48. The summed E-state index contributed by atoms with van der Waals surface area (Å²) in [5, 5.41) is 3.30. The maximum Gasteiger partial charge on any atom is 0.0750 e. The molecule has 0 amide bonds. The van der Waals surface area contributed by atoms with Crippen LogP contribution in [0.3, 0.4) is 0 Å². The summed E-state index contributed by atoms with van der Waals surface area (Å²) < 4.78 is 0.882. The van der Waals surface area contributed by atoms with E-state index in [2.05, 4.69) is 31.2 Å². The standard InChI is InChI=1S/C12H13BrN4/c13-10-7-16-8-11(14)12(10)17-6-3-9-1-4-15-5-2-9/h1-2,4-5,7-8H,3,6,14H2,(H,16,17). The number of rotatable bonds is 4. The second kappa shape index (κ2) is 5.63. The number of nitrogen functional groups attached to an aromatic ring is 1. The third-order valence-corrected chi connectivity index (χ3v) is 3.00. The Morgan fingerprint density at radius 1 is 1.18 bits per heavy atom. The van der Waals surface area contributed by atoms with Gasteiger partial charge in [-0.05, 0) is 40.0 Å². The third kappa shape index (κ3) is 3.17. The minimum Gasteiger partial charge on any atom is -0.396 e. The van der Waals surface area contributed by atoms with E-state index < -0.39 is 0 Å². The van der Waals surface area contributed by atoms with Crippen molar-refractivity contribution in [1.29, 1.82) is 0 Å². The summed E-state index contributed by atoms with van der Waals surface area (Å²) in [5.74, 6) is 0. The Morgan fingerprint density at radius 3 is 2.65 bits per heavy atom. The molecule has 4 nitrogen and oxygen atoms in total. The highest BCUT2D eigenvalue weighted by Gasteiger charge is 2.03. The molecule has 3 N–H and O–H groups in total. The van der Waals surface area contributed by atoms with Gasteiger partial charge in [0.25, 0.3) is 0 Å². The quantitative estimate of drug-likeness (QED) is 0.909. The fourth-order valence-corrected chi connectivity index (χ4v) is 2.01. The fraction of sp³-hybridized carbons (Fsp3) is 0.167. The van der Waals surface area contributed by atoms with Gasteiger partial charge in [0.2, 0.25) is 0 Å². The number of aromatic nitrogens is 2. The molecular formula is C12H13BrN4. The van der Waals surface area contributed by atoms with Crippen molar-refractivity contribution < 1.29 is 0 Å². The number of pyridine rings is 2. The second-order valence-corrected chi connectivity index (χ2v) is 4.47. The number of anilines is 2. The molecule has 2 rings (SSSR count). The maximum absolute atomic E-state index is 5.84. The summed E-state index contributed by atoms with van der Waals surface area (Å²) in [7, 11) is 0. The van der Waals surface area contributed by atoms with E-state index in [4.69, 9.17) is 5.73 Å². The van der Waals surface area contributed by atoms with E-state index in [0.717, 1.165) is 23.1 Å². The van der Waals surface area contributed by atoms with Crippen LogP contribution in [-0.4, -0.2) is 16.5 Å². The Morgan fingerprint density at radius 2 is 1.94 bits per heavy atom. The molecule has 0 unspecified atom stereocenters. The van der Waals surface area contributed by atoms with Crippen LogP contribution in [0.4, 0.5) is 11.4 Å². The topological polar surface area (TPSA) is 63.8 Å². The Labute approximate surface area is 108 Å². The van der Waals surface area contributed by atoms with Crippen molar-refractivity contribution in [2.75, 3.05) is 17.6 Å². The molecule has 0 aliphatic rings. The van der Waals surface area contributed by atoms with Crippen molar-refractivity contribution in [3.63, 3.8) is 0 Å². The average molecular weight is 293 g/mol. The van der Waals surface area contributed by atoms with Crippen LogP contribution < -0.4 is 11.1 Å². The first kappa shape index (κ1) is 11.9. The molecule has 17 heavy (non-hydrogen) atoms. The van der Waals surface area contributed by atoms with Gasteiger partial charge in [0.1, 0.15) is 0 Å². The normalized spacial score (nSPS) is 10.2. The molecule has 5 heteroatoms. The lowest BCUT2D eigenvalue weighted by atomic mass is 10.2. The fourth-order valence-electron chi connectivity index (χ4n) is 1.52. The lowest BCUT2D eigenvalue weighted by Gasteiger charge is -2.10. The van der Waals surface area contributed by atoms with E-state index in [0.29, 0.717) is 5.69 Å². The Hall–Kier alpha value is -1.62. The van der Waals surface area contributed by atoms with Gasteiger partial charge >= 0.3 is 0 Å². The van der Waals surface area contributed by atoms with Gasteiger partial charge in [0.05, 0.1) is 22.0 Å². The van der Waals surface area contributed by atoms with Gasteiger partial charge in [-0.15, -0.1) is 0 Å². The minimum atomic E-state index is 0.647. The van der Waals surface area contributed by atoms with Crippen LogP contribution in [0.1, 0.15) is 5.56 Å². The van der Waals surface area contributed by atoms with Crippen LogP contribution in [0.15, 0.2) is 41.4 Å². The van der Waals surface area contributed by atoms with Crippen molar-refractivity contribution >= 4 is 27.3 Å². The molecule has 0 spiro atoms. The number of nitrogens with zero attached hydrogens (tertiary/aromatic N) is 2.